The molecule has 0 saturated carbocycles. The molecule has 0 atom stereocenters. The molecular formula is C14H18O5. The summed E-state index contributed by atoms with van der Waals surface area (Å²) in [7, 11) is 0. The van der Waals surface area contributed by atoms with Crippen LogP contribution in [-0.2, 0) is 9.47 Å². The van der Waals surface area contributed by atoms with Gasteiger partial charge in [0.15, 0.2) is 0 Å². The number of aliphatic hydroxyl groups excluding tert-OH is 1. The molecule has 0 amide bonds. The third kappa shape index (κ3) is 4.71. The lowest BCUT2D eigenvalue weighted by Gasteiger charge is -2.09. The largest absolute Gasteiger partial charge is 0.462 e. The summed E-state index contributed by atoms with van der Waals surface area (Å²) in [5.41, 5.74) is 0.381. The highest BCUT2D eigenvalue weighted by atomic mass is 16.5. The van der Waals surface area contributed by atoms with E-state index in [4.69, 9.17) is 14.6 Å². The molecule has 1 N–H and O–H groups in total. The lowest BCUT2D eigenvalue weighted by molar-refractivity contribution is 0.0444. The van der Waals surface area contributed by atoms with E-state index < -0.39 is 11.9 Å². The summed E-state index contributed by atoms with van der Waals surface area (Å²) in [6.07, 6.45) is 1.09. The Bertz CT molecular complexity index is 428. The van der Waals surface area contributed by atoms with E-state index in [-0.39, 0.29) is 24.3 Å². The number of benzene rings is 1. The van der Waals surface area contributed by atoms with E-state index in [0.717, 1.165) is 6.42 Å². The van der Waals surface area contributed by atoms with Crippen LogP contribution in [0.15, 0.2) is 24.3 Å². The first-order valence-corrected chi connectivity index (χ1v) is 6.24. The van der Waals surface area contributed by atoms with Crippen LogP contribution in [0.1, 0.15) is 40.5 Å². The summed E-state index contributed by atoms with van der Waals surface area (Å²) in [6, 6.07) is 6.36. The molecule has 104 valence electrons. The zero-order valence-electron chi connectivity index (χ0n) is 10.9. The van der Waals surface area contributed by atoms with Crippen LogP contribution in [0.3, 0.4) is 0 Å². The molecule has 1 aromatic rings. The highest BCUT2D eigenvalue weighted by Gasteiger charge is 2.18. The fraction of sp³-hybridized carbons (Fsp3) is 0.429. The van der Waals surface area contributed by atoms with Gasteiger partial charge in [0.05, 0.1) is 24.3 Å². The number of carbonyl (C=O) groups is 2. The fourth-order valence-electron chi connectivity index (χ4n) is 1.42. The van der Waals surface area contributed by atoms with Crippen LogP contribution in [0, 0.1) is 0 Å². The van der Waals surface area contributed by atoms with Crippen LogP contribution in [0.4, 0.5) is 0 Å². The average molecular weight is 266 g/mol. The average Bonchev–Trinajstić information content (AvgIpc) is 2.45. The van der Waals surface area contributed by atoms with Gasteiger partial charge in [-0.05, 0) is 18.6 Å². The fourth-order valence-corrected chi connectivity index (χ4v) is 1.42. The molecule has 0 aliphatic carbocycles. The van der Waals surface area contributed by atoms with Crippen molar-refractivity contribution in [3.63, 3.8) is 0 Å². The van der Waals surface area contributed by atoms with E-state index in [9.17, 15) is 9.59 Å². The van der Waals surface area contributed by atoms with Crippen molar-refractivity contribution in [2.75, 3.05) is 19.8 Å². The molecule has 0 bridgehead atoms. The van der Waals surface area contributed by atoms with Crippen molar-refractivity contribution in [3.8, 4) is 0 Å². The van der Waals surface area contributed by atoms with Gasteiger partial charge < -0.3 is 14.6 Å². The van der Waals surface area contributed by atoms with Gasteiger partial charge in [0, 0.05) is 13.0 Å². The Hall–Kier alpha value is -1.88. The zero-order valence-corrected chi connectivity index (χ0v) is 10.9. The van der Waals surface area contributed by atoms with Crippen LogP contribution >= 0.6 is 0 Å². The number of hydrogen-bond acceptors (Lipinski definition) is 5. The summed E-state index contributed by atoms with van der Waals surface area (Å²) >= 11 is 0. The highest BCUT2D eigenvalue weighted by Crippen LogP contribution is 2.12. The van der Waals surface area contributed by atoms with E-state index >= 15 is 0 Å². The minimum atomic E-state index is -0.586. The van der Waals surface area contributed by atoms with Crippen LogP contribution in [-0.4, -0.2) is 36.9 Å². The van der Waals surface area contributed by atoms with Crippen molar-refractivity contribution in [1.82, 2.24) is 0 Å². The normalized spacial score (nSPS) is 10.0. The lowest BCUT2D eigenvalue weighted by Crippen LogP contribution is -2.15. The van der Waals surface area contributed by atoms with Crippen molar-refractivity contribution in [2.24, 2.45) is 0 Å². The molecule has 0 unspecified atom stereocenters. The first-order chi connectivity index (χ1) is 9.20. The van der Waals surface area contributed by atoms with Gasteiger partial charge in [0.2, 0.25) is 0 Å². The van der Waals surface area contributed by atoms with Gasteiger partial charge in [-0.3, -0.25) is 0 Å². The maximum Gasteiger partial charge on any atom is 0.339 e. The lowest BCUT2D eigenvalue weighted by atomic mass is 10.1. The van der Waals surface area contributed by atoms with Crippen LogP contribution in [0.25, 0.3) is 0 Å². The molecule has 0 radical (unpaired) electrons. The van der Waals surface area contributed by atoms with Crippen molar-refractivity contribution in [1.29, 1.82) is 0 Å². The Kier molecular flexibility index (Phi) is 6.60. The maximum atomic E-state index is 11.8. The Morgan fingerprint density at radius 1 is 1.05 bits per heavy atom. The van der Waals surface area contributed by atoms with Crippen molar-refractivity contribution < 1.29 is 24.2 Å². The third-order valence-electron chi connectivity index (χ3n) is 2.34. The molecule has 0 aromatic heterocycles. The smallest absolute Gasteiger partial charge is 0.339 e. The van der Waals surface area contributed by atoms with Gasteiger partial charge in [0.1, 0.15) is 0 Å². The topological polar surface area (TPSA) is 72.8 Å². The minimum absolute atomic E-state index is 0.0481. The van der Waals surface area contributed by atoms with Gasteiger partial charge >= 0.3 is 11.9 Å². The minimum Gasteiger partial charge on any atom is -0.462 e. The molecule has 0 spiro atoms. The van der Waals surface area contributed by atoms with Gasteiger partial charge in [-0.1, -0.05) is 19.1 Å². The first kappa shape index (κ1) is 15.2. The molecule has 1 rings (SSSR count). The predicted octanol–water partition coefficient (Wildman–Crippen LogP) is 1.79. The van der Waals surface area contributed by atoms with Gasteiger partial charge in [-0.25, -0.2) is 9.59 Å². The molecular weight excluding hydrogens is 248 g/mol. The van der Waals surface area contributed by atoms with Gasteiger partial charge in [-0.15, -0.1) is 0 Å². The molecule has 0 heterocycles. The number of carbonyl (C=O) groups excluding carboxylic acids is 2. The zero-order chi connectivity index (χ0) is 14.1. The second-order valence-electron chi connectivity index (χ2n) is 3.89. The summed E-state index contributed by atoms with van der Waals surface area (Å²) in [5.74, 6) is -1.12. The van der Waals surface area contributed by atoms with Crippen molar-refractivity contribution >= 4 is 11.9 Å². The van der Waals surface area contributed by atoms with E-state index in [1.54, 1.807) is 12.1 Å². The molecule has 1 aromatic carbocycles. The number of aliphatic hydroxyl groups is 1. The SMILES string of the molecule is CCCOC(=O)c1ccccc1C(=O)OCCCO. The Morgan fingerprint density at radius 2 is 1.58 bits per heavy atom. The summed E-state index contributed by atoms with van der Waals surface area (Å²) in [6.45, 7) is 2.27. The van der Waals surface area contributed by atoms with E-state index in [1.165, 1.54) is 12.1 Å². The number of ether oxygens (including phenoxy) is 2. The molecule has 0 aliphatic rings. The summed E-state index contributed by atoms with van der Waals surface area (Å²) in [4.78, 5) is 23.6. The van der Waals surface area contributed by atoms with Gasteiger partial charge in [0.25, 0.3) is 0 Å². The Morgan fingerprint density at radius 3 is 2.05 bits per heavy atom. The van der Waals surface area contributed by atoms with Crippen LogP contribution in [0.2, 0.25) is 0 Å². The summed E-state index contributed by atoms with van der Waals surface area (Å²) < 4.78 is 9.96. The number of hydrogen-bond donors (Lipinski definition) is 1. The van der Waals surface area contributed by atoms with E-state index in [0.29, 0.717) is 13.0 Å². The van der Waals surface area contributed by atoms with Crippen LogP contribution in [0.5, 0.6) is 0 Å². The molecule has 0 aliphatic heterocycles. The second kappa shape index (κ2) is 8.26. The third-order valence-corrected chi connectivity index (χ3v) is 2.34. The maximum absolute atomic E-state index is 11.8. The molecule has 5 heteroatoms. The number of esters is 2. The van der Waals surface area contributed by atoms with E-state index in [1.807, 2.05) is 6.92 Å². The highest BCUT2D eigenvalue weighted by molar-refractivity contribution is 6.03. The molecule has 0 saturated heterocycles. The molecule has 0 fully saturated rings. The number of rotatable bonds is 7. The molecule has 19 heavy (non-hydrogen) atoms. The van der Waals surface area contributed by atoms with Crippen molar-refractivity contribution in [3.05, 3.63) is 35.4 Å². The quantitative estimate of drug-likeness (QED) is 0.601. The standard InChI is InChI=1S/C14H18O5/c1-2-9-18-13(16)11-6-3-4-7-12(11)14(17)19-10-5-8-15/h3-4,6-7,15H,2,5,8-10H2,1H3. The second-order valence-corrected chi connectivity index (χ2v) is 3.89. The Balaban J connectivity index is 2.77. The van der Waals surface area contributed by atoms with Crippen LogP contribution < -0.4 is 0 Å². The van der Waals surface area contributed by atoms with E-state index in [2.05, 4.69) is 0 Å². The Labute approximate surface area is 112 Å². The van der Waals surface area contributed by atoms with Crippen molar-refractivity contribution in [2.45, 2.75) is 19.8 Å². The molecule has 5 nitrogen and oxygen atoms in total. The predicted molar refractivity (Wildman–Crippen MR) is 69.0 cm³/mol. The first-order valence-electron chi connectivity index (χ1n) is 6.24. The summed E-state index contributed by atoms with van der Waals surface area (Å²) in [5, 5.41) is 8.62. The van der Waals surface area contributed by atoms with Gasteiger partial charge in [-0.2, -0.15) is 0 Å². The monoisotopic (exact) mass is 266 g/mol.